The number of carbonyl (C=O) groups is 2. The summed E-state index contributed by atoms with van der Waals surface area (Å²) in [6.45, 7) is 5.48. The molecule has 4 aliphatic rings. The molecule has 188 valence electrons. The molecule has 8 nitrogen and oxygen atoms in total. The highest BCUT2D eigenvalue weighted by atomic mass is 19.3. The number of anilines is 1. The second-order valence-electron chi connectivity index (χ2n) is 10.1. The third-order valence-electron chi connectivity index (χ3n) is 7.45. The Labute approximate surface area is 208 Å². The van der Waals surface area contributed by atoms with E-state index in [0.717, 1.165) is 62.5 Å². The standard InChI is InChI=1S/C26H28F2N6O2/c27-24(28)14-22-26(36)34(11-12-34)23-13-17(1-5-20(23)31-22)16-32-7-9-33(10-8-32)19-4-6-21(29-15-19)25(35)30-18-2-3-18/h1,4-6,13,15,18,24H,2-3,7-12,14,16H2/p+1. The molecule has 1 aromatic carbocycles. The summed E-state index contributed by atoms with van der Waals surface area (Å²) in [7, 11) is 0. The molecule has 2 amide bonds. The van der Waals surface area contributed by atoms with E-state index in [1.807, 2.05) is 24.3 Å². The molecule has 3 aliphatic heterocycles. The van der Waals surface area contributed by atoms with Gasteiger partial charge < -0.3 is 10.2 Å². The van der Waals surface area contributed by atoms with E-state index in [0.29, 0.717) is 30.5 Å². The number of halogens is 2. The smallest absolute Gasteiger partial charge is 0.365 e. The van der Waals surface area contributed by atoms with Crippen molar-refractivity contribution in [1.29, 1.82) is 0 Å². The number of carbonyl (C=O) groups excluding carboxylic acids is 2. The number of aliphatic imine (C=N–C) groups is 1. The topological polar surface area (TPSA) is 77.9 Å². The average molecular weight is 496 g/mol. The number of hydrogen-bond acceptors (Lipinski definition) is 6. The minimum absolute atomic E-state index is 0.00932. The van der Waals surface area contributed by atoms with Gasteiger partial charge in [-0.15, -0.1) is 0 Å². The number of pyridine rings is 1. The van der Waals surface area contributed by atoms with Gasteiger partial charge in [-0.1, -0.05) is 6.07 Å². The fraction of sp³-hybridized carbons (Fsp3) is 0.462. The van der Waals surface area contributed by atoms with E-state index >= 15 is 0 Å². The number of nitrogens with zero attached hydrogens (tertiary/aromatic N) is 5. The Bertz CT molecular complexity index is 1220. The first-order valence-electron chi connectivity index (χ1n) is 12.6. The van der Waals surface area contributed by atoms with E-state index in [4.69, 9.17) is 0 Å². The predicted molar refractivity (Wildman–Crippen MR) is 133 cm³/mol. The molecular formula is C26H29F2N6O2+. The molecule has 1 N–H and O–H groups in total. The zero-order valence-corrected chi connectivity index (χ0v) is 20.0. The number of fused-ring (bicyclic) bond motifs is 2. The summed E-state index contributed by atoms with van der Waals surface area (Å²) < 4.78 is 26.0. The fourth-order valence-corrected chi connectivity index (χ4v) is 5.09. The van der Waals surface area contributed by atoms with Crippen LogP contribution in [0.4, 0.5) is 25.8 Å². The van der Waals surface area contributed by atoms with E-state index in [2.05, 4.69) is 25.1 Å². The molecule has 0 bridgehead atoms. The molecule has 1 saturated carbocycles. The van der Waals surface area contributed by atoms with E-state index in [1.54, 1.807) is 12.3 Å². The largest absolute Gasteiger partial charge is 0.368 e. The van der Waals surface area contributed by atoms with Crippen LogP contribution in [-0.4, -0.2) is 79.1 Å². The molecule has 1 aliphatic carbocycles. The van der Waals surface area contributed by atoms with Gasteiger partial charge in [0.2, 0.25) is 6.43 Å². The first-order valence-corrected chi connectivity index (χ1v) is 12.6. The van der Waals surface area contributed by atoms with Crippen LogP contribution in [0.2, 0.25) is 0 Å². The van der Waals surface area contributed by atoms with Crippen LogP contribution >= 0.6 is 0 Å². The molecule has 0 atom stereocenters. The second-order valence-corrected chi connectivity index (χ2v) is 10.1. The minimum Gasteiger partial charge on any atom is -0.368 e. The van der Waals surface area contributed by atoms with Gasteiger partial charge in [0, 0.05) is 44.8 Å². The van der Waals surface area contributed by atoms with Crippen molar-refractivity contribution >= 4 is 34.6 Å². The van der Waals surface area contributed by atoms with E-state index in [9.17, 15) is 18.4 Å². The maximum Gasteiger partial charge on any atom is 0.365 e. The van der Waals surface area contributed by atoms with Crippen molar-refractivity contribution < 1.29 is 18.4 Å². The van der Waals surface area contributed by atoms with Crippen LogP contribution in [-0.2, 0) is 11.3 Å². The zero-order chi connectivity index (χ0) is 24.9. The summed E-state index contributed by atoms with van der Waals surface area (Å²) in [5.41, 5.74) is 4.02. The lowest BCUT2D eigenvalue weighted by molar-refractivity contribution is -0.119. The maximum absolute atomic E-state index is 12.9. The monoisotopic (exact) mass is 495 g/mol. The number of alkyl halides is 2. The van der Waals surface area contributed by atoms with Crippen molar-refractivity contribution in [3.63, 3.8) is 0 Å². The Hall–Kier alpha value is -3.24. The van der Waals surface area contributed by atoms with Gasteiger partial charge in [0.25, 0.3) is 5.91 Å². The summed E-state index contributed by atoms with van der Waals surface area (Å²) in [4.78, 5) is 38.3. The van der Waals surface area contributed by atoms with Gasteiger partial charge in [0.1, 0.15) is 24.5 Å². The molecule has 2 aromatic rings. The number of rotatable bonds is 7. The Morgan fingerprint density at radius 1 is 1.11 bits per heavy atom. The van der Waals surface area contributed by atoms with Crippen molar-refractivity contribution in [3.8, 4) is 0 Å². The fourth-order valence-electron chi connectivity index (χ4n) is 5.09. The Morgan fingerprint density at radius 2 is 1.89 bits per heavy atom. The molecule has 10 heteroatoms. The van der Waals surface area contributed by atoms with Gasteiger partial charge in [-0.25, -0.2) is 28.0 Å². The van der Waals surface area contributed by atoms with Gasteiger partial charge in [0.05, 0.1) is 18.3 Å². The molecule has 1 aromatic heterocycles. The van der Waals surface area contributed by atoms with Crippen molar-refractivity contribution in [1.82, 2.24) is 19.7 Å². The third kappa shape index (κ3) is 4.51. The molecule has 36 heavy (non-hydrogen) atoms. The van der Waals surface area contributed by atoms with Crippen molar-refractivity contribution in [2.45, 2.75) is 38.3 Å². The van der Waals surface area contributed by atoms with E-state index < -0.39 is 12.8 Å². The zero-order valence-electron chi connectivity index (χ0n) is 20.0. The number of quaternary nitrogens is 1. The van der Waals surface area contributed by atoms with Crippen LogP contribution in [0.15, 0.2) is 41.5 Å². The first kappa shape index (κ1) is 23.2. The normalized spacial score (nSPS) is 20.9. The van der Waals surface area contributed by atoms with Crippen LogP contribution in [0.3, 0.4) is 0 Å². The Balaban J connectivity index is 1.08. The summed E-state index contributed by atoms with van der Waals surface area (Å²) >= 11 is 0. The van der Waals surface area contributed by atoms with Crippen molar-refractivity contribution in [2.24, 2.45) is 4.99 Å². The lowest BCUT2D eigenvalue weighted by atomic mass is 10.1. The van der Waals surface area contributed by atoms with Crippen LogP contribution in [0.25, 0.3) is 0 Å². The van der Waals surface area contributed by atoms with Gasteiger partial charge in [0.15, 0.2) is 11.4 Å². The number of aromatic nitrogens is 1. The lowest BCUT2D eigenvalue weighted by Gasteiger charge is -2.36. The van der Waals surface area contributed by atoms with Gasteiger partial charge in [-0.05, 0) is 36.6 Å². The minimum atomic E-state index is -2.58. The molecule has 0 radical (unpaired) electrons. The summed E-state index contributed by atoms with van der Waals surface area (Å²) in [5.74, 6) is -0.388. The third-order valence-corrected chi connectivity index (χ3v) is 7.45. The second kappa shape index (κ2) is 9.01. The summed E-state index contributed by atoms with van der Waals surface area (Å²) in [6.07, 6.45) is 0.707. The average Bonchev–Trinajstić information content (AvgIpc) is 3.80. The Morgan fingerprint density at radius 3 is 2.53 bits per heavy atom. The SMILES string of the molecule is O=C(NC1CC1)c1ccc(N2CCN(Cc3ccc4c(c3)[N+]3(CC3)C(=O)C(CC(F)F)=N4)CC2)cn1. The van der Waals surface area contributed by atoms with Crippen LogP contribution in [0, 0.1) is 0 Å². The quantitative estimate of drug-likeness (QED) is 0.472. The number of piperazine rings is 1. The summed E-state index contributed by atoms with van der Waals surface area (Å²) in [5, 5.41) is 2.96. The highest BCUT2D eigenvalue weighted by Crippen LogP contribution is 2.44. The van der Waals surface area contributed by atoms with Gasteiger partial charge >= 0.3 is 5.91 Å². The molecule has 3 fully saturated rings. The molecule has 6 rings (SSSR count). The highest BCUT2D eigenvalue weighted by Gasteiger charge is 2.57. The van der Waals surface area contributed by atoms with Crippen molar-refractivity contribution in [3.05, 3.63) is 47.8 Å². The number of hydrogen-bond donors (Lipinski definition) is 1. The molecule has 4 heterocycles. The molecular weight excluding hydrogens is 466 g/mol. The predicted octanol–water partition coefficient (Wildman–Crippen LogP) is 2.88. The van der Waals surface area contributed by atoms with Crippen LogP contribution in [0.1, 0.15) is 35.3 Å². The summed E-state index contributed by atoms with van der Waals surface area (Å²) in [6, 6.07) is 9.94. The van der Waals surface area contributed by atoms with Crippen molar-refractivity contribution in [2.75, 3.05) is 44.2 Å². The number of nitrogens with one attached hydrogen (secondary N) is 1. The maximum atomic E-state index is 12.9. The molecule has 2 saturated heterocycles. The van der Waals surface area contributed by atoms with Crippen LogP contribution < -0.4 is 14.7 Å². The van der Waals surface area contributed by atoms with E-state index in [-0.39, 0.29) is 22.0 Å². The highest BCUT2D eigenvalue weighted by molar-refractivity contribution is 6.44. The van der Waals surface area contributed by atoms with Gasteiger partial charge in [-0.2, -0.15) is 0 Å². The number of benzene rings is 1. The lowest BCUT2D eigenvalue weighted by Crippen LogP contribution is -2.46. The Kier molecular flexibility index (Phi) is 5.80. The van der Waals surface area contributed by atoms with Gasteiger partial charge in [-0.3, -0.25) is 9.69 Å². The number of amides is 2. The van der Waals surface area contributed by atoms with E-state index in [1.165, 1.54) is 0 Å². The first-order chi connectivity index (χ1) is 17.4. The van der Waals surface area contributed by atoms with Crippen LogP contribution in [0.5, 0.6) is 0 Å². The molecule has 1 spiro atoms. The molecule has 0 unspecified atom stereocenters.